The molecule has 0 aliphatic rings. The summed E-state index contributed by atoms with van der Waals surface area (Å²) in [6.45, 7) is -0.155. The molecule has 0 saturated carbocycles. The van der Waals surface area contributed by atoms with E-state index in [0.29, 0.717) is 17.2 Å². The topological polar surface area (TPSA) is 82.5 Å². The van der Waals surface area contributed by atoms with Crippen molar-refractivity contribution in [1.29, 1.82) is 0 Å². The number of methoxy groups -OCH3 is 2. The highest BCUT2D eigenvalue weighted by molar-refractivity contribution is 5.52. The molecule has 0 saturated heterocycles. The molecule has 0 spiro atoms. The van der Waals surface area contributed by atoms with Crippen molar-refractivity contribution in [3.05, 3.63) is 36.4 Å². The number of aromatic nitrogens is 2. The van der Waals surface area contributed by atoms with Gasteiger partial charge in [-0.1, -0.05) is 0 Å². The Morgan fingerprint density at radius 3 is 2.79 bits per heavy atom. The second-order valence-electron chi connectivity index (χ2n) is 4.02. The normalized spacial score (nSPS) is 12.2. The Hall–Kier alpha value is -2.05. The molecule has 6 heteroatoms. The minimum Gasteiger partial charge on any atom is -0.497 e. The maximum absolute atomic E-state index is 9.18. The first kappa shape index (κ1) is 13.4. The van der Waals surface area contributed by atoms with Crippen LogP contribution in [-0.2, 0) is 0 Å². The van der Waals surface area contributed by atoms with Crippen LogP contribution in [0.25, 0.3) is 5.69 Å². The molecule has 1 unspecified atom stereocenters. The van der Waals surface area contributed by atoms with E-state index in [2.05, 4.69) is 4.98 Å². The van der Waals surface area contributed by atoms with Gasteiger partial charge in [0, 0.05) is 6.07 Å². The van der Waals surface area contributed by atoms with Gasteiger partial charge in [0.05, 0.1) is 50.8 Å². The zero-order valence-corrected chi connectivity index (χ0v) is 10.9. The first-order valence-corrected chi connectivity index (χ1v) is 5.82. The van der Waals surface area contributed by atoms with E-state index in [9.17, 15) is 5.11 Å². The van der Waals surface area contributed by atoms with E-state index in [1.807, 2.05) is 18.2 Å². The number of hydrogen-bond donors (Lipinski definition) is 2. The van der Waals surface area contributed by atoms with Crippen molar-refractivity contribution in [3.8, 4) is 17.2 Å². The molecule has 0 aliphatic carbocycles. The number of imidazole rings is 1. The highest BCUT2D eigenvalue weighted by Crippen LogP contribution is 2.29. The summed E-state index contributed by atoms with van der Waals surface area (Å²) in [7, 11) is 3.19. The smallest absolute Gasteiger partial charge is 0.143 e. The summed E-state index contributed by atoms with van der Waals surface area (Å²) >= 11 is 0. The van der Waals surface area contributed by atoms with Gasteiger partial charge in [-0.15, -0.1) is 0 Å². The zero-order valence-electron chi connectivity index (χ0n) is 10.9. The van der Waals surface area contributed by atoms with Crippen LogP contribution in [0.5, 0.6) is 11.5 Å². The van der Waals surface area contributed by atoms with E-state index in [1.54, 1.807) is 31.3 Å². The molecule has 6 nitrogen and oxygen atoms in total. The van der Waals surface area contributed by atoms with Crippen molar-refractivity contribution in [2.45, 2.75) is 6.04 Å². The Morgan fingerprint density at radius 1 is 1.37 bits per heavy atom. The highest BCUT2D eigenvalue weighted by Gasteiger charge is 2.15. The van der Waals surface area contributed by atoms with Crippen LogP contribution >= 0.6 is 0 Å². The quantitative estimate of drug-likeness (QED) is 0.836. The number of rotatable bonds is 5. The first-order valence-electron chi connectivity index (χ1n) is 5.82. The van der Waals surface area contributed by atoms with E-state index >= 15 is 0 Å². The molecular formula is C13H17N3O3. The fraction of sp³-hybridized carbons (Fsp3) is 0.308. The highest BCUT2D eigenvalue weighted by atomic mass is 16.5. The van der Waals surface area contributed by atoms with Crippen LogP contribution in [0.15, 0.2) is 30.7 Å². The standard InChI is InChI=1S/C13H17N3O3/c1-18-9-3-4-13(19-2)11(5-9)16-8-15-6-12(16)10(14)7-17/h3-6,8,10,17H,7,14H2,1-2H3. The minimum atomic E-state index is -0.501. The van der Waals surface area contributed by atoms with Crippen molar-refractivity contribution in [3.63, 3.8) is 0 Å². The lowest BCUT2D eigenvalue weighted by atomic mass is 10.2. The lowest BCUT2D eigenvalue weighted by molar-refractivity contribution is 0.264. The Balaban J connectivity index is 2.54. The maximum atomic E-state index is 9.18. The Kier molecular flexibility index (Phi) is 4.03. The molecular weight excluding hydrogens is 246 g/mol. The van der Waals surface area contributed by atoms with Crippen molar-refractivity contribution < 1.29 is 14.6 Å². The van der Waals surface area contributed by atoms with Gasteiger partial charge in [-0.2, -0.15) is 0 Å². The maximum Gasteiger partial charge on any atom is 0.143 e. The predicted molar refractivity (Wildman–Crippen MR) is 70.7 cm³/mol. The SMILES string of the molecule is COc1ccc(OC)c(-n2cncc2C(N)CO)c1. The third kappa shape index (κ3) is 2.54. The zero-order chi connectivity index (χ0) is 13.8. The van der Waals surface area contributed by atoms with Crippen LogP contribution < -0.4 is 15.2 Å². The van der Waals surface area contributed by atoms with Gasteiger partial charge in [-0.05, 0) is 12.1 Å². The summed E-state index contributed by atoms with van der Waals surface area (Å²) in [5.41, 5.74) is 7.32. The fourth-order valence-electron chi connectivity index (χ4n) is 1.86. The molecule has 1 heterocycles. The molecule has 0 radical (unpaired) electrons. The number of aliphatic hydroxyl groups is 1. The van der Waals surface area contributed by atoms with Crippen molar-refractivity contribution >= 4 is 0 Å². The number of ether oxygens (including phenoxy) is 2. The van der Waals surface area contributed by atoms with Crippen molar-refractivity contribution in [2.24, 2.45) is 5.73 Å². The molecule has 2 rings (SSSR count). The monoisotopic (exact) mass is 263 g/mol. The molecule has 102 valence electrons. The van der Waals surface area contributed by atoms with Crippen LogP contribution in [0.2, 0.25) is 0 Å². The molecule has 1 atom stereocenters. The van der Waals surface area contributed by atoms with Crippen molar-refractivity contribution in [2.75, 3.05) is 20.8 Å². The molecule has 1 aromatic carbocycles. The molecule has 1 aromatic heterocycles. The largest absolute Gasteiger partial charge is 0.497 e. The van der Waals surface area contributed by atoms with Gasteiger partial charge in [-0.25, -0.2) is 4.98 Å². The number of aliphatic hydroxyl groups excluding tert-OH is 1. The van der Waals surface area contributed by atoms with Gasteiger partial charge in [0.1, 0.15) is 11.5 Å². The summed E-state index contributed by atoms with van der Waals surface area (Å²) < 4.78 is 12.3. The molecule has 3 N–H and O–H groups in total. The summed E-state index contributed by atoms with van der Waals surface area (Å²) in [4.78, 5) is 4.07. The Labute approximate surface area is 111 Å². The summed E-state index contributed by atoms with van der Waals surface area (Å²) in [6.07, 6.45) is 3.25. The third-order valence-electron chi connectivity index (χ3n) is 2.89. The lowest BCUT2D eigenvalue weighted by Crippen LogP contribution is -2.18. The van der Waals surface area contributed by atoms with Crippen molar-refractivity contribution in [1.82, 2.24) is 9.55 Å². The number of nitrogens with two attached hydrogens (primary N) is 1. The molecule has 0 bridgehead atoms. The average molecular weight is 263 g/mol. The fourth-order valence-corrected chi connectivity index (χ4v) is 1.86. The van der Waals surface area contributed by atoms with E-state index in [-0.39, 0.29) is 6.61 Å². The molecule has 0 fully saturated rings. The second-order valence-corrected chi connectivity index (χ2v) is 4.02. The number of hydrogen-bond acceptors (Lipinski definition) is 5. The summed E-state index contributed by atoms with van der Waals surface area (Å²) in [5.74, 6) is 1.37. The van der Waals surface area contributed by atoms with Gasteiger partial charge in [0.2, 0.25) is 0 Å². The summed E-state index contributed by atoms with van der Waals surface area (Å²) in [6, 6.07) is 4.94. The molecule has 2 aromatic rings. The number of nitrogens with zero attached hydrogens (tertiary/aromatic N) is 2. The van der Waals surface area contributed by atoms with E-state index in [1.165, 1.54) is 0 Å². The Morgan fingerprint density at radius 2 is 2.16 bits per heavy atom. The van der Waals surface area contributed by atoms with Gasteiger partial charge in [-0.3, -0.25) is 4.57 Å². The van der Waals surface area contributed by atoms with Gasteiger partial charge >= 0.3 is 0 Å². The second kappa shape index (κ2) is 5.73. The van der Waals surface area contributed by atoms with Gasteiger partial charge in [0.25, 0.3) is 0 Å². The predicted octanol–water partition coefficient (Wildman–Crippen LogP) is 0.882. The van der Waals surface area contributed by atoms with Crippen LogP contribution in [0, 0.1) is 0 Å². The third-order valence-corrected chi connectivity index (χ3v) is 2.89. The summed E-state index contributed by atoms with van der Waals surface area (Å²) in [5, 5.41) is 9.18. The number of benzene rings is 1. The van der Waals surface area contributed by atoms with Crippen LogP contribution in [0.3, 0.4) is 0 Å². The lowest BCUT2D eigenvalue weighted by Gasteiger charge is -2.16. The first-order chi connectivity index (χ1) is 9.21. The van der Waals surface area contributed by atoms with Crippen LogP contribution in [0.1, 0.15) is 11.7 Å². The van der Waals surface area contributed by atoms with E-state index in [4.69, 9.17) is 15.2 Å². The molecule has 19 heavy (non-hydrogen) atoms. The van der Waals surface area contributed by atoms with Crippen LogP contribution in [-0.4, -0.2) is 35.5 Å². The van der Waals surface area contributed by atoms with Gasteiger partial charge < -0.3 is 20.3 Å². The Bertz CT molecular complexity index is 554. The van der Waals surface area contributed by atoms with Gasteiger partial charge in [0.15, 0.2) is 0 Å². The van der Waals surface area contributed by atoms with E-state index in [0.717, 1.165) is 5.69 Å². The average Bonchev–Trinajstić information content (AvgIpc) is 2.94. The van der Waals surface area contributed by atoms with Crippen LogP contribution in [0.4, 0.5) is 0 Å². The molecule has 0 amide bonds. The molecule has 0 aliphatic heterocycles. The minimum absolute atomic E-state index is 0.155. The van der Waals surface area contributed by atoms with E-state index < -0.39 is 6.04 Å².